The van der Waals surface area contributed by atoms with Crippen LogP contribution in [0, 0.1) is 0 Å². The van der Waals surface area contributed by atoms with Gasteiger partial charge in [-0.2, -0.15) is 0 Å². The Labute approximate surface area is 205 Å². The molecule has 4 aromatic rings. The second-order valence-corrected chi connectivity index (χ2v) is 8.75. The molecule has 1 aromatic heterocycles. The maximum atomic E-state index is 12.5. The summed E-state index contributed by atoms with van der Waals surface area (Å²) in [5.74, 6) is 1.17. The van der Waals surface area contributed by atoms with Gasteiger partial charge in [0.2, 0.25) is 5.91 Å². The van der Waals surface area contributed by atoms with Crippen molar-refractivity contribution in [2.45, 2.75) is 18.0 Å². The first-order valence-corrected chi connectivity index (χ1v) is 11.3. The van der Waals surface area contributed by atoms with E-state index in [0.717, 1.165) is 16.6 Å². The molecule has 6 nitrogen and oxygen atoms in total. The molecule has 2 atom stereocenters. The number of carbonyl (C=O) groups excluding carboxylic acids is 1. The number of benzene rings is 3. The van der Waals surface area contributed by atoms with Crippen LogP contribution >= 0.6 is 23.2 Å². The highest BCUT2D eigenvalue weighted by Crippen LogP contribution is 2.42. The van der Waals surface area contributed by atoms with E-state index in [1.54, 1.807) is 42.3 Å². The Balaban J connectivity index is 1.34. The lowest BCUT2D eigenvalue weighted by atomic mass is 9.92. The molecule has 2 unspecified atom stereocenters. The number of rotatable bonds is 6. The fraction of sp³-hybridized carbons (Fsp3) is 0.154. The highest BCUT2D eigenvalue weighted by Gasteiger charge is 2.47. The van der Waals surface area contributed by atoms with Crippen LogP contribution < -0.4 is 20.0 Å². The SMILES string of the molecule is COc1ccc(N2C(=O)C(Cl)C2c2ccc(OCc3cc(=O)oc4ccc(Cl)cc34)cc2)cc1. The summed E-state index contributed by atoms with van der Waals surface area (Å²) in [6.45, 7) is 0.166. The lowest BCUT2D eigenvalue weighted by molar-refractivity contribution is -0.123. The Morgan fingerprint density at radius 1 is 0.941 bits per heavy atom. The summed E-state index contributed by atoms with van der Waals surface area (Å²) in [4.78, 5) is 26.0. The molecular formula is C26H19Cl2NO5. The van der Waals surface area contributed by atoms with Crippen molar-refractivity contribution in [3.63, 3.8) is 0 Å². The zero-order valence-electron chi connectivity index (χ0n) is 18.0. The van der Waals surface area contributed by atoms with Gasteiger partial charge in [-0.3, -0.25) is 4.79 Å². The number of fused-ring (bicyclic) bond motifs is 1. The largest absolute Gasteiger partial charge is 0.497 e. The van der Waals surface area contributed by atoms with Crippen LogP contribution in [0.5, 0.6) is 11.5 Å². The van der Waals surface area contributed by atoms with Crippen molar-refractivity contribution in [2.24, 2.45) is 0 Å². The topological polar surface area (TPSA) is 69.0 Å². The van der Waals surface area contributed by atoms with Crippen molar-refractivity contribution in [1.29, 1.82) is 0 Å². The quantitative estimate of drug-likeness (QED) is 0.194. The van der Waals surface area contributed by atoms with E-state index in [4.69, 9.17) is 37.1 Å². The Kier molecular flexibility index (Phi) is 5.94. The standard InChI is InChI=1S/C26H19Cl2NO5/c1-32-19-9-5-18(6-10-19)29-25(24(28)26(29)31)15-2-7-20(8-3-15)33-14-16-12-23(30)34-22-11-4-17(27)13-21(16)22/h2-13,24-25H,14H2,1H3. The van der Waals surface area contributed by atoms with Crippen molar-refractivity contribution in [3.05, 3.63) is 99.4 Å². The fourth-order valence-corrected chi connectivity index (χ4v) is 4.58. The number of hydrogen-bond donors (Lipinski definition) is 0. The molecule has 1 fully saturated rings. The molecule has 8 heteroatoms. The van der Waals surface area contributed by atoms with Gasteiger partial charge < -0.3 is 18.8 Å². The van der Waals surface area contributed by atoms with Crippen molar-refractivity contribution < 1.29 is 18.7 Å². The van der Waals surface area contributed by atoms with Gasteiger partial charge in [-0.25, -0.2) is 4.79 Å². The zero-order valence-corrected chi connectivity index (χ0v) is 19.5. The highest BCUT2D eigenvalue weighted by molar-refractivity contribution is 6.37. The number of β-lactam (4-membered cyclic amide) rings is 1. The Hall–Kier alpha value is -3.48. The number of nitrogens with zero attached hydrogens (tertiary/aromatic N) is 1. The Morgan fingerprint density at radius 3 is 2.35 bits per heavy atom. The number of hydrogen-bond acceptors (Lipinski definition) is 5. The lowest BCUT2D eigenvalue weighted by Crippen LogP contribution is -2.56. The van der Waals surface area contributed by atoms with Crippen LogP contribution in [-0.4, -0.2) is 18.4 Å². The number of amides is 1. The predicted molar refractivity (Wildman–Crippen MR) is 131 cm³/mol. The smallest absolute Gasteiger partial charge is 0.336 e. The van der Waals surface area contributed by atoms with Crippen molar-refractivity contribution in [3.8, 4) is 11.5 Å². The molecule has 0 N–H and O–H groups in total. The normalized spacial score (nSPS) is 17.5. The van der Waals surface area contributed by atoms with Crippen molar-refractivity contribution in [1.82, 2.24) is 0 Å². The van der Waals surface area contributed by atoms with Crippen LogP contribution in [0.3, 0.4) is 0 Å². The van der Waals surface area contributed by atoms with Crippen LogP contribution in [0.25, 0.3) is 11.0 Å². The van der Waals surface area contributed by atoms with E-state index in [1.165, 1.54) is 6.07 Å². The van der Waals surface area contributed by atoms with E-state index in [2.05, 4.69) is 0 Å². The first kappa shape index (κ1) is 22.3. The minimum absolute atomic E-state index is 0.148. The molecule has 0 aliphatic carbocycles. The average Bonchev–Trinajstić information content (AvgIpc) is 2.86. The first-order valence-electron chi connectivity index (χ1n) is 10.5. The van der Waals surface area contributed by atoms with E-state index in [1.807, 2.05) is 36.4 Å². The van der Waals surface area contributed by atoms with E-state index in [9.17, 15) is 9.59 Å². The highest BCUT2D eigenvalue weighted by atomic mass is 35.5. The maximum Gasteiger partial charge on any atom is 0.336 e. The summed E-state index contributed by atoms with van der Waals surface area (Å²) in [5.41, 5.74) is 2.31. The second-order valence-electron chi connectivity index (χ2n) is 7.84. The van der Waals surface area contributed by atoms with E-state index < -0.39 is 11.0 Å². The van der Waals surface area contributed by atoms with Gasteiger partial charge in [0.15, 0.2) is 0 Å². The third kappa shape index (κ3) is 4.11. The summed E-state index contributed by atoms with van der Waals surface area (Å²) >= 11 is 12.5. The molecule has 1 aliphatic rings. The molecule has 2 heterocycles. The van der Waals surface area contributed by atoms with Gasteiger partial charge in [-0.15, -0.1) is 11.6 Å². The Bertz CT molecular complexity index is 1420. The molecule has 0 bridgehead atoms. The van der Waals surface area contributed by atoms with E-state index in [-0.39, 0.29) is 18.6 Å². The van der Waals surface area contributed by atoms with Gasteiger partial charge in [-0.1, -0.05) is 23.7 Å². The molecule has 3 aromatic carbocycles. The summed E-state index contributed by atoms with van der Waals surface area (Å²) in [6.07, 6.45) is 0. The fourth-order valence-electron chi connectivity index (χ4n) is 4.04. The molecule has 0 radical (unpaired) electrons. The number of alkyl halides is 1. The van der Waals surface area contributed by atoms with Crippen LogP contribution in [-0.2, 0) is 11.4 Å². The maximum absolute atomic E-state index is 12.5. The minimum atomic E-state index is -0.645. The van der Waals surface area contributed by atoms with Gasteiger partial charge >= 0.3 is 5.63 Å². The van der Waals surface area contributed by atoms with Gasteiger partial charge in [0.25, 0.3) is 0 Å². The summed E-state index contributed by atoms with van der Waals surface area (Å²) in [5, 5.41) is 0.615. The minimum Gasteiger partial charge on any atom is -0.497 e. The van der Waals surface area contributed by atoms with E-state index >= 15 is 0 Å². The first-order chi connectivity index (χ1) is 16.4. The van der Waals surface area contributed by atoms with Crippen LogP contribution in [0.2, 0.25) is 5.02 Å². The van der Waals surface area contributed by atoms with Gasteiger partial charge in [0, 0.05) is 27.7 Å². The van der Waals surface area contributed by atoms with E-state index in [0.29, 0.717) is 27.7 Å². The summed E-state index contributed by atoms with van der Waals surface area (Å²) in [6, 6.07) is 20.8. The van der Waals surface area contributed by atoms with Crippen molar-refractivity contribution in [2.75, 3.05) is 12.0 Å². The monoisotopic (exact) mass is 495 g/mol. The number of halogens is 2. The van der Waals surface area contributed by atoms with Crippen LogP contribution in [0.1, 0.15) is 17.2 Å². The Morgan fingerprint density at radius 2 is 1.65 bits per heavy atom. The number of ether oxygens (including phenoxy) is 2. The van der Waals surface area contributed by atoms with Crippen molar-refractivity contribution >= 4 is 45.8 Å². The van der Waals surface area contributed by atoms with Gasteiger partial charge in [-0.05, 0) is 60.2 Å². The molecule has 0 saturated carbocycles. The number of methoxy groups -OCH3 is 1. The zero-order chi connectivity index (χ0) is 23.8. The molecule has 172 valence electrons. The van der Waals surface area contributed by atoms with Crippen LogP contribution in [0.15, 0.2) is 82.0 Å². The average molecular weight is 496 g/mol. The van der Waals surface area contributed by atoms with Gasteiger partial charge in [0.05, 0.1) is 13.2 Å². The lowest BCUT2D eigenvalue weighted by Gasteiger charge is -2.44. The number of anilines is 1. The third-order valence-corrected chi connectivity index (χ3v) is 6.45. The molecular weight excluding hydrogens is 477 g/mol. The number of carbonyl (C=O) groups is 1. The van der Waals surface area contributed by atoms with Crippen LogP contribution in [0.4, 0.5) is 5.69 Å². The molecule has 0 spiro atoms. The van der Waals surface area contributed by atoms with Gasteiger partial charge in [0.1, 0.15) is 29.1 Å². The second kappa shape index (κ2) is 9.05. The summed E-state index contributed by atoms with van der Waals surface area (Å²) in [7, 11) is 1.59. The molecule has 1 saturated heterocycles. The summed E-state index contributed by atoms with van der Waals surface area (Å²) < 4.78 is 16.3. The third-order valence-electron chi connectivity index (χ3n) is 5.79. The molecule has 1 aliphatic heterocycles. The molecule has 1 amide bonds. The molecule has 34 heavy (non-hydrogen) atoms. The molecule has 5 rings (SSSR count). The predicted octanol–water partition coefficient (Wildman–Crippen LogP) is 5.73.